The standard InChI is InChI=1S/C15H19ClN4O/c1-5-6-18-15(21)12(8-17)7-13-11(4)19-20(14(13)16)9-10(2)3/h5,7,10H,1,6,9H2,2-4H3,(H,18,21)/b12-7+. The van der Waals surface area contributed by atoms with E-state index in [2.05, 4.69) is 30.8 Å². The fourth-order valence-electron chi connectivity index (χ4n) is 1.75. The summed E-state index contributed by atoms with van der Waals surface area (Å²) in [7, 11) is 0. The Bertz CT molecular complexity index is 608. The number of carbonyl (C=O) groups excluding carboxylic acids is 1. The second-order valence-electron chi connectivity index (χ2n) is 5.03. The van der Waals surface area contributed by atoms with Gasteiger partial charge < -0.3 is 5.32 Å². The van der Waals surface area contributed by atoms with Gasteiger partial charge in [-0.05, 0) is 18.9 Å². The van der Waals surface area contributed by atoms with Gasteiger partial charge in [0.15, 0.2) is 0 Å². The van der Waals surface area contributed by atoms with Gasteiger partial charge in [0.1, 0.15) is 16.8 Å². The largest absolute Gasteiger partial charge is 0.348 e. The first-order chi connectivity index (χ1) is 9.90. The van der Waals surface area contributed by atoms with Crippen LogP contribution < -0.4 is 5.32 Å². The molecule has 0 aliphatic rings. The van der Waals surface area contributed by atoms with Crippen molar-refractivity contribution in [1.29, 1.82) is 5.26 Å². The molecule has 0 fully saturated rings. The Labute approximate surface area is 129 Å². The van der Waals surface area contributed by atoms with Crippen molar-refractivity contribution in [2.45, 2.75) is 27.3 Å². The molecule has 6 heteroatoms. The van der Waals surface area contributed by atoms with Crippen molar-refractivity contribution < 1.29 is 4.79 Å². The zero-order valence-electron chi connectivity index (χ0n) is 12.5. The molecule has 0 aliphatic carbocycles. The highest BCUT2D eigenvalue weighted by Crippen LogP contribution is 2.23. The topological polar surface area (TPSA) is 70.7 Å². The summed E-state index contributed by atoms with van der Waals surface area (Å²) in [4.78, 5) is 11.8. The number of carbonyl (C=O) groups is 1. The van der Waals surface area contributed by atoms with Crippen LogP contribution in [0.15, 0.2) is 18.2 Å². The molecule has 0 bridgehead atoms. The molecular formula is C15H19ClN4O. The number of rotatable bonds is 6. The highest BCUT2D eigenvalue weighted by molar-refractivity contribution is 6.31. The molecule has 21 heavy (non-hydrogen) atoms. The van der Waals surface area contributed by atoms with E-state index in [0.717, 1.165) is 0 Å². The number of nitrogens with one attached hydrogen (secondary N) is 1. The van der Waals surface area contributed by atoms with Gasteiger partial charge in [0.2, 0.25) is 0 Å². The summed E-state index contributed by atoms with van der Waals surface area (Å²) in [6.07, 6.45) is 3.02. The molecule has 1 amide bonds. The Kier molecular flexibility index (Phi) is 6.19. The maximum absolute atomic E-state index is 11.8. The van der Waals surface area contributed by atoms with Gasteiger partial charge in [0, 0.05) is 18.7 Å². The SMILES string of the molecule is C=CCNC(=O)/C(C#N)=C/c1c(C)nn(CC(C)C)c1Cl. The van der Waals surface area contributed by atoms with E-state index in [1.54, 1.807) is 17.7 Å². The second-order valence-corrected chi connectivity index (χ2v) is 5.39. The normalized spacial score (nSPS) is 11.3. The molecule has 1 heterocycles. The van der Waals surface area contributed by atoms with Gasteiger partial charge in [0.25, 0.3) is 5.91 Å². The van der Waals surface area contributed by atoms with E-state index in [1.165, 1.54) is 6.08 Å². The minimum absolute atomic E-state index is 0.00838. The number of hydrogen-bond donors (Lipinski definition) is 1. The molecule has 0 unspecified atom stereocenters. The minimum atomic E-state index is -0.454. The van der Waals surface area contributed by atoms with E-state index in [9.17, 15) is 4.79 Å². The summed E-state index contributed by atoms with van der Waals surface area (Å²) < 4.78 is 1.68. The number of nitrogens with zero attached hydrogens (tertiary/aromatic N) is 3. The van der Waals surface area contributed by atoms with Crippen LogP contribution in [0.3, 0.4) is 0 Å². The third-order valence-electron chi connectivity index (χ3n) is 2.71. The van der Waals surface area contributed by atoms with Crippen molar-refractivity contribution in [2.24, 2.45) is 5.92 Å². The van der Waals surface area contributed by atoms with Gasteiger partial charge in [-0.2, -0.15) is 10.4 Å². The summed E-state index contributed by atoms with van der Waals surface area (Å²) in [5.74, 6) is -0.0607. The molecule has 0 radical (unpaired) electrons. The average molecular weight is 307 g/mol. The zero-order valence-corrected chi connectivity index (χ0v) is 13.2. The van der Waals surface area contributed by atoms with Gasteiger partial charge in [-0.25, -0.2) is 0 Å². The lowest BCUT2D eigenvalue weighted by molar-refractivity contribution is -0.116. The predicted molar refractivity (Wildman–Crippen MR) is 83.6 cm³/mol. The first-order valence-corrected chi connectivity index (χ1v) is 7.02. The Morgan fingerprint density at radius 2 is 2.29 bits per heavy atom. The molecule has 1 N–H and O–H groups in total. The van der Waals surface area contributed by atoms with E-state index >= 15 is 0 Å². The maximum Gasteiger partial charge on any atom is 0.262 e. The lowest BCUT2D eigenvalue weighted by atomic mass is 10.1. The number of nitriles is 1. The smallest absolute Gasteiger partial charge is 0.262 e. The van der Waals surface area contributed by atoms with Crippen molar-refractivity contribution in [3.05, 3.63) is 34.6 Å². The van der Waals surface area contributed by atoms with E-state index < -0.39 is 5.91 Å². The third-order valence-corrected chi connectivity index (χ3v) is 3.11. The Hall–Kier alpha value is -2.06. The van der Waals surface area contributed by atoms with Gasteiger partial charge >= 0.3 is 0 Å². The van der Waals surface area contributed by atoms with Crippen LogP contribution in [0.4, 0.5) is 0 Å². The number of hydrogen-bond acceptors (Lipinski definition) is 3. The van der Waals surface area contributed by atoms with Crippen molar-refractivity contribution in [2.75, 3.05) is 6.54 Å². The average Bonchev–Trinajstić information content (AvgIpc) is 2.68. The summed E-state index contributed by atoms with van der Waals surface area (Å²) in [5.41, 5.74) is 1.28. The lowest BCUT2D eigenvalue weighted by Gasteiger charge is -2.05. The Balaban J connectivity index is 3.12. The van der Waals surface area contributed by atoms with Crippen molar-refractivity contribution >= 4 is 23.6 Å². The Morgan fingerprint density at radius 3 is 2.81 bits per heavy atom. The number of halogens is 1. The molecule has 1 rings (SSSR count). The van der Waals surface area contributed by atoms with Crippen molar-refractivity contribution in [3.8, 4) is 6.07 Å². The van der Waals surface area contributed by atoms with Crippen LogP contribution in [0.25, 0.3) is 6.08 Å². The third kappa shape index (κ3) is 4.47. The monoisotopic (exact) mass is 306 g/mol. The van der Waals surface area contributed by atoms with Crippen LogP contribution in [0, 0.1) is 24.2 Å². The zero-order chi connectivity index (χ0) is 16.0. The molecule has 0 saturated heterocycles. The van der Waals surface area contributed by atoms with Crippen LogP contribution in [-0.2, 0) is 11.3 Å². The molecule has 112 valence electrons. The molecule has 0 spiro atoms. The molecule has 1 aromatic heterocycles. The molecule has 0 aromatic carbocycles. The van der Waals surface area contributed by atoms with Gasteiger partial charge in [0.05, 0.1) is 5.69 Å². The Morgan fingerprint density at radius 1 is 1.62 bits per heavy atom. The summed E-state index contributed by atoms with van der Waals surface area (Å²) >= 11 is 6.28. The van der Waals surface area contributed by atoms with Crippen LogP contribution in [0.2, 0.25) is 5.15 Å². The highest BCUT2D eigenvalue weighted by Gasteiger charge is 2.15. The molecule has 0 saturated carbocycles. The number of amides is 1. The molecule has 5 nitrogen and oxygen atoms in total. The predicted octanol–water partition coefficient (Wildman–Crippen LogP) is 2.71. The minimum Gasteiger partial charge on any atom is -0.348 e. The van der Waals surface area contributed by atoms with Crippen molar-refractivity contribution in [1.82, 2.24) is 15.1 Å². The number of aromatic nitrogens is 2. The van der Waals surface area contributed by atoms with E-state index in [1.807, 2.05) is 6.07 Å². The van der Waals surface area contributed by atoms with Gasteiger partial charge in [-0.3, -0.25) is 9.48 Å². The quantitative estimate of drug-likeness (QED) is 0.499. The fourth-order valence-corrected chi connectivity index (χ4v) is 2.05. The van der Waals surface area contributed by atoms with Gasteiger partial charge in [-0.15, -0.1) is 6.58 Å². The summed E-state index contributed by atoms with van der Waals surface area (Å²) in [5, 5.41) is 16.5. The van der Waals surface area contributed by atoms with E-state index in [-0.39, 0.29) is 5.57 Å². The van der Waals surface area contributed by atoms with Crippen molar-refractivity contribution in [3.63, 3.8) is 0 Å². The van der Waals surface area contributed by atoms with Crippen LogP contribution in [0.1, 0.15) is 25.1 Å². The second kappa shape index (κ2) is 7.65. The lowest BCUT2D eigenvalue weighted by Crippen LogP contribution is -2.24. The molecule has 1 aromatic rings. The van der Waals surface area contributed by atoms with Crippen LogP contribution >= 0.6 is 11.6 Å². The fraction of sp³-hybridized carbons (Fsp3) is 0.400. The first-order valence-electron chi connectivity index (χ1n) is 6.64. The van der Waals surface area contributed by atoms with Gasteiger partial charge in [-0.1, -0.05) is 31.5 Å². The van der Waals surface area contributed by atoms with Crippen LogP contribution in [0.5, 0.6) is 0 Å². The van der Waals surface area contributed by atoms with E-state index in [4.69, 9.17) is 16.9 Å². The van der Waals surface area contributed by atoms with Crippen LogP contribution in [-0.4, -0.2) is 22.2 Å². The highest BCUT2D eigenvalue weighted by atomic mass is 35.5. The van der Waals surface area contributed by atoms with E-state index in [0.29, 0.717) is 35.4 Å². The molecule has 0 aliphatic heterocycles. The maximum atomic E-state index is 11.8. The molecule has 0 atom stereocenters. The number of aryl methyl sites for hydroxylation is 1. The first kappa shape index (κ1) is 17.0. The summed E-state index contributed by atoms with van der Waals surface area (Å²) in [6, 6.07) is 1.88. The molecular weight excluding hydrogens is 288 g/mol. The summed E-state index contributed by atoms with van der Waals surface area (Å²) in [6.45, 7) is 10.4.